The third-order valence-electron chi connectivity index (χ3n) is 3.96. The lowest BCUT2D eigenvalue weighted by atomic mass is 9.95. The van der Waals surface area contributed by atoms with Gasteiger partial charge < -0.3 is 0 Å². The quantitative estimate of drug-likeness (QED) is 0.622. The van der Waals surface area contributed by atoms with Crippen LogP contribution in [0.5, 0.6) is 0 Å². The highest BCUT2D eigenvalue weighted by Gasteiger charge is 2.36. The van der Waals surface area contributed by atoms with Crippen molar-refractivity contribution in [3.63, 3.8) is 0 Å². The summed E-state index contributed by atoms with van der Waals surface area (Å²) in [6, 6.07) is 6.52. The van der Waals surface area contributed by atoms with Crippen LogP contribution in [0.4, 0.5) is 0 Å². The second kappa shape index (κ2) is 5.04. The predicted molar refractivity (Wildman–Crippen MR) is 76.1 cm³/mol. The lowest BCUT2D eigenvalue weighted by molar-refractivity contribution is 0.233. The second-order valence-electron chi connectivity index (χ2n) is 5.23. The molecule has 0 unspecified atom stereocenters. The molecule has 2 aliphatic rings. The molecule has 0 N–H and O–H groups in total. The molecule has 0 aliphatic heterocycles. The van der Waals surface area contributed by atoms with Gasteiger partial charge in [0.15, 0.2) is 0 Å². The number of halogens is 1. The smallest absolute Gasteiger partial charge is 0.266 e. The zero-order chi connectivity index (χ0) is 13.5. The molecular formula is C14H15BrO3S. The van der Waals surface area contributed by atoms with E-state index in [9.17, 15) is 8.42 Å². The zero-order valence-corrected chi connectivity index (χ0v) is 12.7. The van der Waals surface area contributed by atoms with Crippen LogP contribution in [-0.4, -0.2) is 15.0 Å². The van der Waals surface area contributed by atoms with Crippen molar-refractivity contribution in [2.75, 3.05) is 6.61 Å². The van der Waals surface area contributed by atoms with Gasteiger partial charge >= 0.3 is 0 Å². The van der Waals surface area contributed by atoms with Gasteiger partial charge in [0.1, 0.15) is 0 Å². The molecule has 0 aromatic heterocycles. The highest BCUT2D eigenvalue weighted by Crippen LogP contribution is 2.43. The van der Waals surface area contributed by atoms with Crippen molar-refractivity contribution in [2.45, 2.75) is 17.7 Å². The number of allylic oxidation sites excluding steroid dienone is 2. The monoisotopic (exact) mass is 342 g/mol. The minimum atomic E-state index is -3.63. The maximum Gasteiger partial charge on any atom is 0.296 e. The molecular weight excluding hydrogens is 328 g/mol. The average molecular weight is 343 g/mol. The Kier molecular flexibility index (Phi) is 3.53. The van der Waals surface area contributed by atoms with Crippen LogP contribution in [-0.2, 0) is 14.3 Å². The van der Waals surface area contributed by atoms with E-state index in [-0.39, 0.29) is 4.90 Å². The van der Waals surface area contributed by atoms with E-state index in [2.05, 4.69) is 28.1 Å². The Bertz CT molecular complexity index is 592. The van der Waals surface area contributed by atoms with Crippen molar-refractivity contribution in [3.05, 3.63) is 40.9 Å². The largest absolute Gasteiger partial charge is 0.296 e. The molecule has 19 heavy (non-hydrogen) atoms. The van der Waals surface area contributed by atoms with Crippen molar-refractivity contribution in [2.24, 2.45) is 17.8 Å². The maximum absolute atomic E-state index is 12.1. The van der Waals surface area contributed by atoms with Gasteiger partial charge in [-0.25, -0.2) is 0 Å². The van der Waals surface area contributed by atoms with E-state index >= 15 is 0 Å². The number of hydrogen-bond acceptors (Lipinski definition) is 3. The molecule has 2 aliphatic carbocycles. The fourth-order valence-corrected chi connectivity index (χ4v) is 4.16. The third-order valence-corrected chi connectivity index (χ3v) is 5.78. The van der Waals surface area contributed by atoms with Crippen LogP contribution in [0.3, 0.4) is 0 Å². The van der Waals surface area contributed by atoms with Crippen molar-refractivity contribution >= 4 is 26.0 Å². The number of hydrogen-bond donors (Lipinski definition) is 0. The summed E-state index contributed by atoms with van der Waals surface area (Å²) in [6.45, 7) is 0.296. The Morgan fingerprint density at radius 1 is 1.16 bits per heavy atom. The number of fused-ring (bicyclic) bond motifs is 2. The Labute approximate surface area is 121 Å². The molecule has 2 bridgehead atoms. The van der Waals surface area contributed by atoms with Gasteiger partial charge in [0.05, 0.1) is 11.5 Å². The Balaban J connectivity index is 1.66. The summed E-state index contributed by atoms with van der Waals surface area (Å²) in [5, 5.41) is 0. The van der Waals surface area contributed by atoms with E-state index in [0.717, 1.165) is 17.3 Å². The molecule has 3 atom stereocenters. The molecule has 3 nitrogen and oxygen atoms in total. The van der Waals surface area contributed by atoms with Gasteiger partial charge in [0.2, 0.25) is 0 Å². The van der Waals surface area contributed by atoms with Crippen LogP contribution in [0.25, 0.3) is 0 Å². The minimum absolute atomic E-state index is 0.217. The van der Waals surface area contributed by atoms with Crippen LogP contribution in [0, 0.1) is 17.8 Å². The van der Waals surface area contributed by atoms with E-state index in [0.29, 0.717) is 24.4 Å². The molecule has 1 saturated carbocycles. The lowest BCUT2D eigenvalue weighted by Crippen LogP contribution is -2.18. The zero-order valence-electron chi connectivity index (χ0n) is 10.3. The predicted octanol–water partition coefficient (Wildman–Crippen LogP) is 3.37. The first-order valence-corrected chi connectivity index (χ1v) is 8.58. The molecule has 1 fully saturated rings. The van der Waals surface area contributed by atoms with Crippen LogP contribution >= 0.6 is 15.9 Å². The maximum atomic E-state index is 12.1. The fraction of sp³-hybridized carbons (Fsp3) is 0.429. The standard InChI is InChI=1S/C14H15BrO3S/c15-13-3-5-14(6-4-13)19(16,17)18-9-12-8-10-1-2-11(12)7-10/h1-6,10-12H,7-9H2/t10-,11-,12+/m0/s1. The summed E-state index contributed by atoms with van der Waals surface area (Å²) < 4.78 is 30.2. The molecule has 1 aromatic rings. The molecule has 0 spiro atoms. The SMILES string of the molecule is O=S(=O)(OC[C@H]1C[C@H]2C=C[C@H]1C2)c1ccc(Br)cc1. The topological polar surface area (TPSA) is 43.4 Å². The third kappa shape index (κ3) is 2.78. The van der Waals surface area contributed by atoms with Crippen molar-refractivity contribution < 1.29 is 12.6 Å². The van der Waals surface area contributed by atoms with Gasteiger partial charge in [-0.15, -0.1) is 0 Å². The molecule has 0 amide bonds. The summed E-state index contributed by atoms with van der Waals surface area (Å²) in [6.07, 6.45) is 6.65. The first-order valence-electron chi connectivity index (χ1n) is 6.38. The van der Waals surface area contributed by atoms with Crippen LogP contribution < -0.4 is 0 Å². The van der Waals surface area contributed by atoms with E-state index in [1.165, 1.54) is 0 Å². The second-order valence-corrected chi connectivity index (χ2v) is 7.76. The number of rotatable bonds is 4. The lowest BCUT2D eigenvalue weighted by Gasteiger charge is -2.17. The summed E-state index contributed by atoms with van der Waals surface area (Å²) in [7, 11) is -3.63. The first kappa shape index (κ1) is 13.3. The molecule has 3 rings (SSSR count). The Morgan fingerprint density at radius 3 is 2.47 bits per heavy atom. The summed E-state index contributed by atoms with van der Waals surface area (Å²) in [5.74, 6) is 1.49. The first-order chi connectivity index (χ1) is 9.04. The van der Waals surface area contributed by atoms with Gasteiger partial charge in [0, 0.05) is 4.47 Å². The minimum Gasteiger partial charge on any atom is -0.266 e. The highest BCUT2D eigenvalue weighted by atomic mass is 79.9. The normalized spacial score (nSPS) is 29.0. The van der Waals surface area contributed by atoms with Crippen molar-refractivity contribution in [1.29, 1.82) is 0 Å². The van der Waals surface area contributed by atoms with E-state index < -0.39 is 10.1 Å². The van der Waals surface area contributed by atoms with Crippen LogP contribution in [0.1, 0.15) is 12.8 Å². The van der Waals surface area contributed by atoms with Gasteiger partial charge in [-0.1, -0.05) is 28.1 Å². The molecule has 0 radical (unpaired) electrons. The van der Waals surface area contributed by atoms with Gasteiger partial charge in [0.25, 0.3) is 10.1 Å². The fourth-order valence-electron chi connectivity index (χ4n) is 2.93. The van der Waals surface area contributed by atoms with Crippen molar-refractivity contribution in [3.8, 4) is 0 Å². The average Bonchev–Trinajstić information content (AvgIpc) is 2.99. The van der Waals surface area contributed by atoms with E-state index in [1.54, 1.807) is 24.3 Å². The van der Waals surface area contributed by atoms with Crippen LogP contribution in [0.2, 0.25) is 0 Å². The Hall–Kier alpha value is -0.650. The van der Waals surface area contributed by atoms with Gasteiger partial charge in [-0.05, 0) is 54.9 Å². The molecule has 102 valence electrons. The molecule has 0 saturated heterocycles. The molecule has 5 heteroatoms. The van der Waals surface area contributed by atoms with E-state index in [1.807, 2.05) is 0 Å². The van der Waals surface area contributed by atoms with E-state index in [4.69, 9.17) is 4.18 Å². The summed E-state index contributed by atoms with van der Waals surface area (Å²) in [5.41, 5.74) is 0. The van der Waals surface area contributed by atoms with Crippen molar-refractivity contribution in [1.82, 2.24) is 0 Å². The van der Waals surface area contributed by atoms with Gasteiger partial charge in [-0.2, -0.15) is 8.42 Å². The van der Waals surface area contributed by atoms with Gasteiger partial charge in [-0.3, -0.25) is 4.18 Å². The molecule has 1 aromatic carbocycles. The Morgan fingerprint density at radius 2 is 1.89 bits per heavy atom. The molecule has 0 heterocycles. The number of benzene rings is 1. The summed E-state index contributed by atoms with van der Waals surface area (Å²) in [4.78, 5) is 0.217. The summed E-state index contributed by atoms with van der Waals surface area (Å²) >= 11 is 3.28. The highest BCUT2D eigenvalue weighted by molar-refractivity contribution is 9.10. The van der Waals surface area contributed by atoms with Crippen LogP contribution in [0.15, 0.2) is 45.8 Å².